The maximum Gasteiger partial charge on any atom is 0.226 e. The average Bonchev–Trinajstić information content (AvgIpc) is 2.41. The molecule has 1 heterocycles. The molecule has 1 unspecified atom stereocenters. The standard InChI is InChI=1S/C15H22N2O2/c1-12-6-4-5-10-17(12)15(18)9-11-19-14-8-3-2-7-13(14)16/h2-3,7-8,12H,4-6,9-11,16H2,1H3. The van der Waals surface area contributed by atoms with Gasteiger partial charge >= 0.3 is 0 Å². The summed E-state index contributed by atoms with van der Waals surface area (Å²) in [6, 6.07) is 7.72. The van der Waals surface area contributed by atoms with Crippen LogP contribution in [0.4, 0.5) is 5.69 Å². The Kier molecular flexibility index (Phi) is 4.66. The van der Waals surface area contributed by atoms with Crippen LogP contribution >= 0.6 is 0 Å². The summed E-state index contributed by atoms with van der Waals surface area (Å²) in [5.41, 5.74) is 6.39. The van der Waals surface area contributed by atoms with Gasteiger partial charge in [-0.15, -0.1) is 0 Å². The first-order chi connectivity index (χ1) is 9.18. The lowest BCUT2D eigenvalue weighted by Crippen LogP contribution is -2.42. The highest BCUT2D eigenvalue weighted by Gasteiger charge is 2.22. The summed E-state index contributed by atoms with van der Waals surface area (Å²) >= 11 is 0. The number of benzene rings is 1. The Balaban J connectivity index is 1.79. The highest BCUT2D eigenvalue weighted by Crippen LogP contribution is 2.20. The topological polar surface area (TPSA) is 55.6 Å². The molecule has 0 spiro atoms. The summed E-state index contributed by atoms with van der Waals surface area (Å²) in [4.78, 5) is 14.1. The van der Waals surface area contributed by atoms with Crippen molar-refractivity contribution in [2.75, 3.05) is 18.9 Å². The minimum atomic E-state index is 0.182. The number of likely N-dealkylation sites (tertiary alicyclic amines) is 1. The van der Waals surface area contributed by atoms with E-state index in [1.807, 2.05) is 23.1 Å². The maximum atomic E-state index is 12.1. The van der Waals surface area contributed by atoms with Crippen molar-refractivity contribution in [1.29, 1.82) is 0 Å². The zero-order valence-corrected chi connectivity index (χ0v) is 11.5. The number of hydrogen-bond donors (Lipinski definition) is 1. The molecule has 2 N–H and O–H groups in total. The van der Waals surface area contributed by atoms with Gasteiger partial charge in [-0.1, -0.05) is 12.1 Å². The lowest BCUT2D eigenvalue weighted by molar-refractivity contribution is -0.134. The smallest absolute Gasteiger partial charge is 0.226 e. The SMILES string of the molecule is CC1CCCCN1C(=O)CCOc1ccccc1N. The summed E-state index contributed by atoms with van der Waals surface area (Å²) in [6.07, 6.45) is 3.86. The van der Waals surface area contributed by atoms with Crippen LogP contribution in [0.2, 0.25) is 0 Å². The number of hydrogen-bond acceptors (Lipinski definition) is 3. The Morgan fingerprint density at radius 3 is 2.95 bits per heavy atom. The third kappa shape index (κ3) is 3.63. The molecule has 4 heteroatoms. The third-order valence-electron chi connectivity index (χ3n) is 3.62. The number of carbonyl (C=O) groups excluding carboxylic acids is 1. The van der Waals surface area contributed by atoms with Crippen LogP contribution in [0.25, 0.3) is 0 Å². The number of nitrogens with two attached hydrogens (primary N) is 1. The first-order valence-electron chi connectivity index (χ1n) is 6.95. The fraction of sp³-hybridized carbons (Fsp3) is 0.533. The molecule has 4 nitrogen and oxygen atoms in total. The second-order valence-corrected chi connectivity index (χ2v) is 5.07. The van der Waals surface area contributed by atoms with Crippen molar-refractivity contribution < 1.29 is 9.53 Å². The third-order valence-corrected chi connectivity index (χ3v) is 3.62. The van der Waals surface area contributed by atoms with Crippen LogP contribution in [0.3, 0.4) is 0 Å². The van der Waals surface area contributed by atoms with Crippen molar-refractivity contribution in [2.45, 2.75) is 38.6 Å². The molecule has 19 heavy (non-hydrogen) atoms. The molecule has 1 amide bonds. The molecule has 0 aliphatic carbocycles. The number of ether oxygens (including phenoxy) is 1. The minimum Gasteiger partial charge on any atom is -0.491 e. The second kappa shape index (κ2) is 6.45. The number of piperidine rings is 1. The Hall–Kier alpha value is -1.71. The average molecular weight is 262 g/mol. The second-order valence-electron chi connectivity index (χ2n) is 5.07. The molecule has 2 rings (SSSR count). The van der Waals surface area contributed by atoms with Gasteiger partial charge in [0.2, 0.25) is 5.91 Å². The van der Waals surface area contributed by atoms with Crippen molar-refractivity contribution in [3.63, 3.8) is 0 Å². The summed E-state index contributed by atoms with van der Waals surface area (Å²) in [6.45, 7) is 3.39. The molecule has 1 aromatic carbocycles. The van der Waals surface area contributed by atoms with E-state index < -0.39 is 0 Å². The lowest BCUT2D eigenvalue weighted by atomic mass is 10.0. The molecule has 1 fully saturated rings. The Morgan fingerprint density at radius 2 is 2.21 bits per heavy atom. The minimum absolute atomic E-state index is 0.182. The Bertz CT molecular complexity index is 434. The van der Waals surface area contributed by atoms with Gasteiger partial charge in [0, 0.05) is 12.6 Å². The van der Waals surface area contributed by atoms with E-state index in [2.05, 4.69) is 6.92 Å². The summed E-state index contributed by atoms with van der Waals surface area (Å²) in [5.74, 6) is 0.837. The van der Waals surface area contributed by atoms with E-state index in [9.17, 15) is 4.79 Å². The first-order valence-corrected chi connectivity index (χ1v) is 6.95. The van der Waals surface area contributed by atoms with E-state index in [-0.39, 0.29) is 5.91 Å². The van der Waals surface area contributed by atoms with E-state index in [1.165, 1.54) is 6.42 Å². The number of nitrogen functional groups attached to an aromatic ring is 1. The van der Waals surface area contributed by atoms with E-state index in [1.54, 1.807) is 6.07 Å². The molecular formula is C15H22N2O2. The predicted octanol–water partition coefficient (Wildman–Crippen LogP) is 2.44. The van der Waals surface area contributed by atoms with Gasteiger partial charge in [0.15, 0.2) is 0 Å². The molecule has 1 atom stereocenters. The van der Waals surface area contributed by atoms with Gasteiger partial charge in [-0.3, -0.25) is 4.79 Å². The Labute approximate surface area is 114 Å². The van der Waals surface area contributed by atoms with Crippen LogP contribution in [-0.2, 0) is 4.79 Å². The summed E-state index contributed by atoms with van der Waals surface area (Å²) in [5, 5.41) is 0. The first kappa shape index (κ1) is 13.7. The van der Waals surface area contributed by atoms with Gasteiger partial charge in [0.25, 0.3) is 0 Å². The zero-order valence-electron chi connectivity index (χ0n) is 11.5. The lowest BCUT2D eigenvalue weighted by Gasteiger charge is -2.33. The predicted molar refractivity (Wildman–Crippen MR) is 76.0 cm³/mol. The molecule has 0 saturated carbocycles. The molecular weight excluding hydrogens is 240 g/mol. The molecule has 0 radical (unpaired) electrons. The van der Waals surface area contributed by atoms with Gasteiger partial charge < -0.3 is 15.4 Å². The number of anilines is 1. The highest BCUT2D eigenvalue weighted by molar-refractivity contribution is 5.76. The van der Waals surface area contributed by atoms with Gasteiger partial charge in [-0.2, -0.15) is 0 Å². The van der Waals surface area contributed by atoms with Crippen LogP contribution in [0.1, 0.15) is 32.6 Å². The van der Waals surface area contributed by atoms with Crippen LogP contribution in [-0.4, -0.2) is 30.0 Å². The van der Waals surface area contributed by atoms with E-state index >= 15 is 0 Å². The molecule has 104 valence electrons. The van der Waals surface area contributed by atoms with Crippen molar-refractivity contribution in [3.05, 3.63) is 24.3 Å². The largest absolute Gasteiger partial charge is 0.491 e. The molecule has 1 aromatic rings. The number of para-hydroxylation sites is 2. The van der Waals surface area contributed by atoms with Crippen LogP contribution < -0.4 is 10.5 Å². The van der Waals surface area contributed by atoms with Gasteiger partial charge in [-0.25, -0.2) is 0 Å². The summed E-state index contributed by atoms with van der Waals surface area (Å²) in [7, 11) is 0. The van der Waals surface area contributed by atoms with E-state index in [4.69, 9.17) is 10.5 Å². The van der Waals surface area contributed by atoms with Gasteiger partial charge in [0.05, 0.1) is 18.7 Å². The van der Waals surface area contributed by atoms with Crippen molar-refractivity contribution in [1.82, 2.24) is 4.90 Å². The van der Waals surface area contributed by atoms with Gasteiger partial charge in [0.1, 0.15) is 5.75 Å². The van der Waals surface area contributed by atoms with Crippen molar-refractivity contribution >= 4 is 11.6 Å². The quantitative estimate of drug-likeness (QED) is 0.848. The van der Waals surface area contributed by atoms with Gasteiger partial charge in [-0.05, 0) is 38.3 Å². The molecule has 0 bridgehead atoms. The van der Waals surface area contributed by atoms with Crippen molar-refractivity contribution in [2.24, 2.45) is 0 Å². The fourth-order valence-electron chi connectivity index (χ4n) is 2.47. The summed E-state index contributed by atoms with van der Waals surface area (Å²) < 4.78 is 5.56. The molecule has 1 aliphatic rings. The Morgan fingerprint density at radius 1 is 1.42 bits per heavy atom. The van der Waals surface area contributed by atoms with E-state index in [0.717, 1.165) is 19.4 Å². The molecule has 0 aromatic heterocycles. The van der Waals surface area contributed by atoms with Crippen LogP contribution in [0.15, 0.2) is 24.3 Å². The van der Waals surface area contributed by atoms with E-state index in [0.29, 0.717) is 30.5 Å². The molecule has 1 saturated heterocycles. The monoisotopic (exact) mass is 262 g/mol. The number of rotatable bonds is 4. The number of carbonyl (C=O) groups is 1. The zero-order chi connectivity index (χ0) is 13.7. The fourth-order valence-corrected chi connectivity index (χ4v) is 2.47. The number of nitrogens with zero attached hydrogens (tertiary/aromatic N) is 1. The maximum absolute atomic E-state index is 12.1. The van der Waals surface area contributed by atoms with Crippen LogP contribution in [0.5, 0.6) is 5.75 Å². The number of amides is 1. The highest BCUT2D eigenvalue weighted by atomic mass is 16.5. The van der Waals surface area contributed by atoms with Crippen LogP contribution in [0, 0.1) is 0 Å². The molecule has 1 aliphatic heterocycles. The normalized spacial score (nSPS) is 19.2. The van der Waals surface area contributed by atoms with Crippen molar-refractivity contribution in [3.8, 4) is 5.75 Å².